The molecule has 0 bridgehead atoms. The summed E-state index contributed by atoms with van der Waals surface area (Å²) < 4.78 is 1.59. The van der Waals surface area contributed by atoms with E-state index in [-0.39, 0.29) is 5.56 Å². The Morgan fingerprint density at radius 3 is 2.97 bits per heavy atom. The first kappa shape index (κ1) is 18.1. The monoisotopic (exact) mass is 399 g/mol. The molecule has 0 amide bonds. The number of H-pyrrole nitrogens is 1. The molecule has 0 radical (unpaired) electrons. The van der Waals surface area contributed by atoms with Crippen LogP contribution in [0.15, 0.2) is 70.8 Å². The maximum absolute atomic E-state index is 12.6. The van der Waals surface area contributed by atoms with Gasteiger partial charge < -0.3 is 10.3 Å². The molecule has 0 saturated carbocycles. The van der Waals surface area contributed by atoms with Crippen LogP contribution in [0.5, 0.6) is 0 Å². The summed E-state index contributed by atoms with van der Waals surface area (Å²) in [7, 11) is 0. The standard InChI is InChI=1S/C22H21N7O/c1-14-11-19(30)29-20(16-5-4-9-23-12-16)27-21(28-22(29)26-14)24-10-8-15-13-25-18-7-3-2-6-17(15)18/h2-7,9,11-13,20,25H,8,10H2,1H3,(H2,24,26,27,28)/t20-/m0/s1. The minimum atomic E-state index is -0.428. The minimum absolute atomic E-state index is 0.135. The number of aromatic nitrogens is 4. The summed E-state index contributed by atoms with van der Waals surface area (Å²) in [6, 6.07) is 13.5. The van der Waals surface area contributed by atoms with E-state index in [1.54, 1.807) is 23.9 Å². The third kappa shape index (κ3) is 3.32. The number of rotatable bonds is 4. The molecule has 4 heterocycles. The summed E-state index contributed by atoms with van der Waals surface area (Å²) in [5, 5.41) is 7.69. The molecule has 3 aromatic heterocycles. The molecule has 1 aliphatic heterocycles. The van der Waals surface area contributed by atoms with E-state index < -0.39 is 6.17 Å². The first-order valence-electron chi connectivity index (χ1n) is 9.82. The van der Waals surface area contributed by atoms with Crippen LogP contribution in [0.1, 0.15) is 23.0 Å². The number of hydrogen-bond donors (Lipinski definition) is 3. The lowest BCUT2D eigenvalue weighted by molar-refractivity contribution is 0.513. The van der Waals surface area contributed by atoms with Crippen molar-refractivity contribution >= 4 is 22.8 Å². The van der Waals surface area contributed by atoms with Gasteiger partial charge in [0.25, 0.3) is 5.56 Å². The Kier molecular flexibility index (Phi) is 4.51. The number of aryl methyl sites for hydroxylation is 1. The highest BCUT2D eigenvalue weighted by atomic mass is 16.1. The van der Waals surface area contributed by atoms with Gasteiger partial charge in [0, 0.05) is 53.4 Å². The van der Waals surface area contributed by atoms with Crippen LogP contribution in [0, 0.1) is 6.92 Å². The molecular weight excluding hydrogens is 378 g/mol. The summed E-state index contributed by atoms with van der Waals surface area (Å²) in [6.45, 7) is 2.39. The minimum Gasteiger partial charge on any atom is -0.361 e. The van der Waals surface area contributed by atoms with Gasteiger partial charge in [-0.2, -0.15) is 0 Å². The number of pyridine rings is 1. The molecule has 0 aliphatic carbocycles. The fourth-order valence-electron chi connectivity index (χ4n) is 3.76. The zero-order chi connectivity index (χ0) is 20.5. The molecule has 1 atom stereocenters. The Hall–Kier alpha value is -3.94. The summed E-state index contributed by atoms with van der Waals surface area (Å²) in [5.74, 6) is 1.06. The lowest BCUT2D eigenvalue weighted by atomic mass is 10.1. The zero-order valence-electron chi connectivity index (χ0n) is 16.5. The van der Waals surface area contributed by atoms with Gasteiger partial charge in [0.1, 0.15) is 6.17 Å². The molecule has 30 heavy (non-hydrogen) atoms. The molecule has 0 fully saturated rings. The average Bonchev–Trinajstić information content (AvgIpc) is 3.17. The highest BCUT2D eigenvalue weighted by molar-refractivity contribution is 5.93. The average molecular weight is 399 g/mol. The van der Waals surface area contributed by atoms with Gasteiger partial charge in [-0.25, -0.2) is 4.98 Å². The summed E-state index contributed by atoms with van der Waals surface area (Å²) in [5.41, 5.74) is 3.73. The lowest BCUT2D eigenvalue weighted by Gasteiger charge is -2.30. The van der Waals surface area contributed by atoms with Gasteiger partial charge in [0.2, 0.25) is 5.95 Å². The van der Waals surface area contributed by atoms with Crippen LogP contribution in [0.2, 0.25) is 0 Å². The Bertz CT molecular complexity index is 1290. The van der Waals surface area contributed by atoms with Crippen molar-refractivity contribution in [1.29, 1.82) is 0 Å². The number of nitrogens with zero attached hydrogens (tertiary/aromatic N) is 4. The third-order valence-electron chi connectivity index (χ3n) is 5.17. The number of fused-ring (bicyclic) bond motifs is 2. The van der Waals surface area contributed by atoms with Gasteiger partial charge in [0.05, 0.1) is 0 Å². The number of anilines is 1. The molecule has 4 aromatic rings. The van der Waals surface area contributed by atoms with Gasteiger partial charge >= 0.3 is 0 Å². The SMILES string of the molecule is Cc1cc(=O)n2c(n1)NC(=NCCc1c[nH]c3ccccc13)N[C@@H]2c1cccnc1. The van der Waals surface area contributed by atoms with Crippen LogP contribution in [0.4, 0.5) is 5.95 Å². The van der Waals surface area contributed by atoms with E-state index in [0.29, 0.717) is 24.1 Å². The van der Waals surface area contributed by atoms with E-state index in [1.165, 1.54) is 17.0 Å². The van der Waals surface area contributed by atoms with Crippen molar-refractivity contribution in [2.75, 3.05) is 11.9 Å². The van der Waals surface area contributed by atoms with Gasteiger partial charge in [0.15, 0.2) is 5.96 Å². The number of guanidine groups is 1. The van der Waals surface area contributed by atoms with Crippen LogP contribution < -0.4 is 16.2 Å². The largest absolute Gasteiger partial charge is 0.361 e. The number of nitrogens with one attached hydrogen (secondary N) is 3. The molecule has 150 valence electrons. The van der Waals surface area contributed by atoms with Crippen molar-refractivity contribution in [3.8, 4) is 0 Å². The second kappa shape index (κ2) is 7.47. The number of hydrogen-bond acceptors (Lipinski definition) is 4. The van der Waals surface area contributed by atoms with Crippen molar-refractivity contribution in [2.24, 2.45) is 4.99 Å². The Morgan fingerprint density at radius 1 is 1.20 bits per heavy atom. The number of para-hydroxylation sites is 1. The number of aromatic amines is 1. The van der Waals surface area contributed by atoms with Crippen LogP contribution in [0.25, 0.3) is 10.9 Å². The smallest absolute Gasteiger partial charge is 0.257 e. The second-order valence-corrected chi connectivity index (χ2v) is 7.23. The molecule has 0 spiro atoms. The summed E-state index contributed by atoms with van der Waals surface area (Å²) in [6.07, 6.45) is 5.84. The summed E-state index contributed by atoms with van der Waals surface area (Å²) >= 11 is 0. The van der Waals surface area contributed by atoms with Gasteiger partial charge in [-0.15, -0.1) is 0 Å². The van der Waals surface area contributed by atoms with Crippen molar-refractivity contribution in [3.05, 3.63) is 88.2 Å². The number of benzene rings is 1. The van der Waals surface area contributed by atoms with Crippen molar-refractivity contribution in [2.45, 2.75) is 19.5 Å². The Labute approximate surface area is 172 Å². The fraction of sp³-hybridized carbons (Fsp3) is 0.182. The predicted octanol–water partition coefficient (Wildman–Crippen LogP) is 2.59. The molecule has 0 saturated heterocycles. The Balaban J connectivity index is 1.44. The quantitative estimate of drug-likeness (QED) is 0.490. The first-order chi connectivity index (χ1) is 14.7. The molecule has 1 aromatic carbocycles. The third-order valence-corrected chi connectivity index (χ3v) is 5.17. The van der Waals surface area contributed by atoms with Crippen LogP contribution in [-0.2, 0) is 6.42 Å². The molecule has 8 heteroatoms. The van der Waals surface area contributed by atoms with E-state index in [2.05, 4.69) is 37.7 Å². The van der Waals surface area contributed by atoms with Gasteiger partial charge in [-0.1, -0.05) is 24.3 Å². The van der Waals surface area contributed by atoms with Crippen LogP contribution in [0.3, 0.4) is 0 Å². The highest BCUT2D eigenvalue weighted by Gasteiger charge is 2.26. The van der Waals surface area contributed by atoms with Crippen molar-refractivity contribution in [3.63, 3.8) is 0 Å². The normalized spacial score (nSPS) is 16.8. The van der Waals surface area contributed by atoms with Crippen molar-refractivity contribution in [1.82, 2.24) is 24.8 Å². The van der Waals surface area contributed by atoms with Crippen LogP contribution in [-0.4, -0.2) is 32.0 Å². The highest BCUT2D eigenvalue weighted by Crippen LogP contribution is 2.21. The molecule has 8 nitrogen and oxygen atoms in total. The molecule has 3 N–H and O–H groups in total. The molecular formula is C22H21N7O. The molecule has 5 rings (SSSR count). The van der Waals surface area contributed by atoms with Crippen molar-refractivity contribution < 1.29 is 0 Å². The van der Waals surface area contributed by atoms with Gasteiger partial charge in [-0.3, -0.25) is 24.7 Å². The zero-order valence-corrected chi connectivity index (χ0v) is 16.5. The van der Waals surface area contributed by atoms with E-state index in [9.17, 15) is 4.79 Å². The van der Waals surface area contributed by atoms with E-state index >= 15 is 0 Å². The maximum Gasteiger partial charge on any atom is 0.257 e. The maximum atomic E-state index is 12.6. The van der Waals surface area contributed by atoms with E-state index in [0.717, 1.165) is 17.5 Å². The van der Waals surface area contributed by atoms with E-state index in [1.807, 2.05) is 30.5 Å². The predicted molar refractivity (Wildman–Crippen MR) is 117 cm³/mol. The fourth-order valence-corrected chi connectivity index (χ4v) is 3.76. The molecule has 1 aliphatic rings. The van der Waals surface area contributed by atoms with E-state index in [4.69, 9.17) is 4.99 Å². The second-order valence-electron chi connectivity index (χ2n) is 7.23. The topological polar surface area (TPSA) is 100.0 Å². The lowest BCUT2D eigenvalue weighted by Crippen LogP contribution is -2.48. The summed E-state index contributed by atoms with van der Waals surface area (Å²) in [4.78, 5) is 29.3. The first-order valence-corrected chi connectivity index (χ1v) is 9.82. The molecule has 0 unspecified atom stereocenters. The van der Waals surface area contributed by atoms with Gasteiger partial charge in [-0.05, 0) is 31.0 Å². The number of aliphatic imine (C=N–C) groups is 1. The Morgan fingerprint density at radius 2 is 2.10 bits per heavy atom. The van der Waals surface area contributed by atoms with Crippen LogP contribution >= 0.6 is 0 Å².